The Balaban J connectivity index is 2.91. The van der Waals surface area contributed by atoms with E-state index in [9.17, 15) is 13.2 Å². The molecule has 1 aromatic carbocycles. The van der Waals surface area contributed by atoms with Crippen molar-refractivity contribution in [2.24, 2.45) is 5.92 Å². The number of carbonyl (C=O) groups is 1. The average Bonchev–Trinajstić information content (AvgIpc) is 2.42. The zero-order valence-corrected chi connectivity index (χ0v) is 12.3. The molecule has 0 unspecified atom stereocenters. The van der Waals surface area contributed by atoms with Crippen LogP contribution in [0.5, 0.6) is 0 Å². The summed E-state index contributed by atoms with van der Waals surface area (Å²) in [6.07, 6.45) is 5.02. The van der Waals surface area contributed by atoms with Crippen LogP contribution in [-0.2, 0) is 10.0 Å². The maximum Gasteiger partial charge on any atom is 0.251 e. The van der Waals surface area contributed by atoms with Crippen LogP contribution < -0.4 is 10.0 Å². The van der Waals surface area contributed by atoms with Gasteiger partial charge < -0.3 is 5.32 Å². The van der Waals surface area contributed by atoms with E-state index < -0.39 is 10.0 Å². The van der Waals surface area contributed by atoms with Crippen molar-refractivity contribution in [3.8, 4) is 12.3 Å². The molecule has 1 amide bonds. The second-order valence-corrected chi connectivity index (χ2v) is 6.43. The van der Waals surface area contributed by atoms with E-state index in [0.717, 1.165) is 0 Å². The molecule has 20 heavy (non-hydrogen) atoms. The Labute approximate surface area is 119 Å². The van der Waals surface area contributed by atoms with Crippen LogP contribution in [-0.4, -0.2) is 27.4 Å². The van der Waals surface area contributed by atoms with Crippen molar-refractivity contribution in [2.75, 3.05) is 13.1 Å². The summed E-state index contributed by atoms with van der Waals surface area (Å²) in [5, 5.41) is 2.73. The predicted octanol–water partition coefficient (Wildman–Crippen LogP) is 0.984. The van der Waals surface area contributed by atoms with Crippen LogP contribution in [0.1, 0.15) is 24.2 Å². The lowest BCUT2D eigenvalue weighted by molar-refractivity contribution is 0.0949. The monoisotopic (exact) mass is 294 g/mol. The van der Waals surface area contributed by atoms with Gasteiger partial charge in [0.15, 0.2) is 0 Å². The Morgan fingerprint density at radius 2 is 2.10 bits per heavy atom. The van der Waals surface area contributed by atoms with E-state index in [2.05, 4.69) is 16.0 Å². The molecule has 0 spiro atoms. The topological polar surface area (TPSA) is 75.3 Å². The molecule has 0 atom stereocenters. The van der Waals surface area contributed by atoms with Crippen LogP contribution in [0, 0.1) is 18.3 Å². The minimum Gasteiger partial charge on any atom is -0.352 e. The first-order valence-electron chi connectivity index (χ1n) is 6.18. The highest BCUT2D eigenvalue weighted by molar-refractivity contribution is 7.89. The third kappa shape index (κ3) is 4.68. The molecular formula is C14H18N2O3S. The van der Waals surface area contributed by atoms with Gasteiger partial charge in [-0.3, -0.25) is 4.79 Å². The second-order valence-electron chi connectivity index (χ2n) is 4.66. The van der Waals surface area contributed by atoms with Gasteiger partial charge in [-0.25, -0.2) is 8.42 Å². The molecule has 0 aromatic heterocycles. The number of sulfonamides is 1. The van der Waals surface area contributed by atoms with Crippen LogP contribution >= 0.6 is 0 Å². The van der Waals surface area contributed by atoms with Gasteiger partial charge in [-0.2, -0.15) is 4.72 Å². The van der Waals surface area contributed by atoms with Gasteiger partial charge in [0.05, 0.1) is 11.4 Å². The normalized spacial score (nSPS) is 11.1. The molecule has 1 aromatic rings. The zero-order valence-electron chi connectivity index (χ0n) is 11.5. The molecule has 0 saturated heterocycles. The minimum atomic E-state index is -3.68. The lowest BCUT2D eigenvalue weighted by Crippen LogP contribution is -2.28. The smallest absolute Gasteiger partial charge is 0.251 e. The van der Waals surface area contributed by atoms with E-state index in [0.29, 0.717) is 18.0 Å². The van der Waals surface area contributed by atoms with Gasteiger partial charge >= 0.3 is 0 Å². The Kier molecular flexibility index (Phi) is 5.74. The highest BCUT2D eigenvalue weighted by Gasteiger charge is 2.15. The van der Waals surface area contributed by atoms with Gasteiger partial charge in [-0.1, -0.05) is 25.8 Å². The number of nitrogens with one attached hydrogen (secondary N) is 2. The number of hydrogen-bond donors (Lipinski definition) is 2. The Hall–Kier alpha value is -1.84. The maximum absolute atomic E-state index is 11.9. The number of benzene rings is 1. The van der Waals surface area contributed by atoms with Crippen molar-refractivity contribution in [3.05, 3.63) is 29.8 Å². The minimum absolute atomic E-state index is 0.0185. The SMILES string of the molecule is C#CCNS(=O)(=O)c1cccc(C(=O)NCC(C)C)c1. The molecule has 0 aliphatic rings. The lowest BCUT2D eigenvalue weighted by Gasteiger charge is -2.09. The quantitative estimate of drug-likeness (QED) is 0.768. The Bertz CT molecular complexity index is 616. The van der Waals surface area contributed by atoms with Crippen molar-refractivity contribution in [3.63, 3.8) is 0 Å². The van der Waals surface area contributed by atoms with Crippen molar-refractivity contribution >= 4 is 15.9 Å². The summed E-state index contributed by atoms with van der Waals surface area (Å²) in [5.41, 5.74) is 0.300. The first-order chi connectivity index (χ1) is 9.36. The molecule has 0 aliphatic carbocycles. The van der Waals surface area contributed by atoms with Gasteiger partial charge in [0, 0.05) is 12.1 Å². The van der Waals surface area contributed by atoms with Crippen molar-refractivity contribution in [1.29, 1.82) is 0 Å². The largest absolute Gasteiger partial charge is 0.352 e. The fourth-order valence-corrected chi connectivity index (χ4v) is 2.40. The van der Waals surface area contributed by atoms with Crippen LogP contribution in [0.15, 0.2) is 29.2 Å². The van der Waals surface area contributed by atoms with E-state index in [-0.39, 0.29) is 17.3 Å². The standard InChI is InChI=1S/C14H18N2O3S/c1-4-8-16-20(18,19)13-7-5-6-12(9-13)14(17)15-10-11(2)3/h1,5-7,9,11,16H,8,10H2,2-3H3,(H,15,17). The fraction of sp³-hybridized carbons (Fsp3) is 0.357. The third-order valence-corrected chi connectivity index (χ3v) is 3.84. The molecule has 5 nitrogen and oxygen atoms in total. The number of hydrogen-bond acceptors (Lipinski definition) is 3. The van der Waals surface area contributed by atoms with E-state index in [1.165, 1.54) is 18.2 Å². The molecule has 6 heteroatoms. The fourth-order valence-electron chi connectivity index (χ4n) is 1.42. The second kappa shape index (κ2) is 7.08. The van der Waals surface area contributed by atoms with Crippen molar-refractivity contribution in [1.82, 2.24) is 10.0 Å². The molecule has 1 rings (SSSR count). The maximum atomic E-state index is 11.9. The molecule has 108 valence electrons. The Morgan fingerprint density at radius 3 is 2.70 bits per heavy atom. The van der Waals surface area contributed by atoms with Crippen LogP contribution in [0.4, 0.5) is 0 Å². The molecular weight excluding hydrogens is 276 g/mol. The Morgan fingerprint density at radius 1 is 1.40 bits per heavy atom. The summed E-state index contributed by atoms with van der Waals surface area (Å²) in [7, 11) is -3.68. The van der Waals surface area contributed by atoms with Gasteiger partial charge in [0.2, 0.25) is 10.0 Å². The molecule has 2 N–H and O–H groups in total. The predicted molar refractivity (Wildman–Crippen MR) is 77.6 cm³/mol. The molecule has 0 saturated carbocycles. The highest BCUT2D eigenvalue weighted by atomic mass is 32.2. The van der Waals surface area contributed by atoms with Crippen molar-refractivity contribution in [2.45, 2.75) is 18.7 Å². The first-order valence-corrected chi connectivity index (χ1v) is 7.66. The van der Waals surface area contributed by atoms with E-state index in [1.807, 2.05) is 13.8 Å². The van der Waals surface area contributed by atoms with Gasteiger partial charge in [-0.15, -0.1) is 6.42 Å². The average molecular weight is 294 g/mol. The molecule has 0 fully saturated rings. The van der Waals surface area contributed by atoms with Gasteiger partial charge in [0.25, 0.3) is 5.91 Å². The van der Waals surface area contributed by atoms with Crippen LogP contribution in [0.25, 0.3) is 0 Å². The summed E-state index contributed by atoms with van der Waals surface area (Å²) in [6.45, 7) is 4.40. The van der Waals surface area contributed by atoms with Crippen molar-refractivity contribution < 1.29 is 13.2 Å². The van der Waals surface area contributed by atoms with E-state index in [1.54, 1.807) is 6.07 Å². The molecule has 0 aliphatic heterocycles. The summed E-state index contributed by atoms with van der Waals surface area (Å²) < 4.78 is 26.0. The van der Waals surface area contributed by atoms with Crippen LogP contribution in [0.3, 0.4) is 0 Å². The lowest BCUT2D eigenvalue weighted by atomic mass is 10.2. The number of carbonyl (C=O) groups excluding carboxylic acids is 1. The number of terminal acetylenes is 1. The molecule has 0 heterocycles. The molecule has 0 bridgehead atoms. The first kappa shape index (κ1) is 16.2. The number of rotatable bonds is 6. The summed E-state index contributed by atoms with van der Waals surface area (Å²) in [6, 6.07) is 5.83. The summed E-state index contributed by atoms with van der Waals surface area (Å²) in [4.78, 5) is 11.9. The molecule has 0 radical (unpaired) electrons. The number of amides is 1. The third-order valence-electron chi connectivity index (χ3n) is 2.44. The summed E-state index contributed by atoms with van der Waals surface area (Å²) >= 11 is 0. The van der Waals surface area contributed by atoms with Gasteiger partial charge in [0.1, 0.15) is 0 Å². The summed E-state index contributed by atoms with van der Waals surface area (Å²) in [5.74, 6) is 2.22. The highest BCUT2D eigenvalue weighted by Crippen LogP contribution is 2.11. The van der Waals surface area contributed by atoms with Crippen LogP contribution in [0.2, 0.25) is 0 Å². The van der Waals surface area contributed by atoms with E-state index in [4.69, 9.17) is 6.42 Å². The zero-order chi connectivity index (χ0) is 15.2. The van der Waals surface area contributed by atoms with Gasteiger partial charge in [-0.05, 0) is 24.1 Å². The van der Waals surface area contributed by atoms with E-state index >= 15 is 0 Å².